The second-order valence-electron chi connectivity index (χ2n) is 5.37. The lowest BCUT2D eigenvalue weighted by Crippen LogP contribution is -2.43. The molecule has 0 aliphatic heterocycles. The zero-order valence-electron chi connectivity index (χ0n) is 12.4. The molecule has 0 aliphatic rings. The predicted octanol–water partition coefficient (Wildman–Crippen LogP) is 2.96. The number of ether oxygens (including phenoxy) is 1. The van der Waals surface area contributed by atoms with E-state index in [9.17, 15) is 14.7 Å². The van der Waals surface area contributed by atoms with Crippen molar-refractivity contribution >= 4 is 23.5 Å². The molecule has 0 amide bonds. The number of hydrogen-bond donors (Lipinski definition) is 1. The molecule has 0 saturated carbocycles. The lowest BCUT2D eigenvalue weighted by Gasteiger charge is -2.28. The fraction of sp³-hybridized carbons (Fsp3) is 0.533. The lowest BCUT2D eigenvalue weighted by atomic mass is 9.75. The number of carbonyl (C=O) groups excluding carboxylic acids is 1. The van der Waals surface area contributed by atoms with Gasteiger partial charge in [-0.3, -0.25) is 9.59 Å². The van der Waals surface area contributed by atoms with Gasteiger partial charge in [-0.25, -0.2) is 4.98 Å². The number of carbonyl (C=O) groups is 2. The van der Waals surface area contributed by atoms with Gasteiger partial charge in [-0.2, -0.15) is 0 Å². The molecular weight excluding hydrogens is 294 g/mol. The number of hydrogen-bond acceptors (Lipinski definition) is 4. The van der Waals surface area contributed by atoms with Crippen LogP contribution in [-0.4, -0.2) is 28.6 Å². The molecule has 0 bridgehead atoms. The first-order valence-electron chi connectivity index (χ1n) is 6.83. The van der Waals surface area contributed by atoms with Crippen molar-refractivity contribution in [1.82, 2.24) is 4.98 Å². The van der Waals surface area contributed by atoms with Gasteiger partial charge in [-0.1, -0.05) is 25.4 Å². The van der Waals surface area contributed by atoms with E-state index in [1.807, 2.05) is 13.8 Å². The number of pyridine rings is 1. The first-order valence-corrected chi connectivity index (χ1v) is 7.20. The summed E-state index contributed by atoms with van der Waals surface area (Å²) in [5.41, 5.74) is -0.958. The van der Waals surface area contributed by atoms with Gasteiger partial charge >= 0.3 is 11.9 Å². The van der Waals surface area contributed by atoms with Crippen LogP contribution in [0.25, 0.3) is 0 Å². The maximum Gasteiger partial charge on any atom is 0.323 e. The molecule has 5 nitrogen and oxygen atoms in total. The number of carboxylic acid groups (broad SMARTS) is 1. The van der Waals surface area contributed by atoms with Crippen LogP contribution < -0.4 is 0 Å². The van der Waals surface area contributed by atoms with E-state index in [-0.39, 0.29) is 30.5 Å². The van der Waals surface area contributed by atoms with Gasteiger partial charge in [0.2, 0.25) is 0 Å². The average Bonchev–Trinajstić information content (AvgIpc) is 2.37. The molecule has 6 heteroatoms. The molecule has 116 valence electrons. The van der Waals surface area contributed by atoms with Crippen molar-refractivity contribution in [3.05, 3.63) is 29.0 Å². The molecule has 1 rings (SSSR count). The van der Waals surface area contributed by atoms with Crippen molar-refractivity contribution in [3.63, 3.8) is 0 Å². The van der Waals surface area contributed by atoms with Gasteiger partial charge < -0.3 is 9.84 Å². The minimum absolute atomic E-state index is 0.0294. The van der Waals surface area contributed by atoms with Gasteiger partial charge in [-0.15, -0.1) is 0 Å². The van der Waals surface area contributed by atoms with Gasteiger partial charge in [0.25, 0.3) is 0 Å². The van der Waals surface area contributed by atoms with Gasteiger partial charge in [-0.05, 0) is 43.4 Å². The van der Waals surface area contributed by atoms with E-state index in [0.29, 0.717) is 5.56 Å². The van der Waals surface area contributed by atoms with Crippen molar-refractivity contribution in [3.8, 4) is 0 Å². The molecule has 1 heterocycles. The first-order chi connectivity index (χ1) is 9.81. The van der Waals surface area contributed by atoms with Gasteiger partial charge in [0, 0.05) is 6.20 Å². The van der Waals surface area contributed by atoms with Crippen LogP contribution >= 0.6 is 11.6 Å². The van der Waals surface area contributed by atoms with Crippen LogP contribution in [0.2, 0.25) is 5.15 Å². The number of esters is 1. The van der Waals surface area contributed by atoms with Crippen molar-refractivity contribution < 1.29 is 19.4 Å². The Balaban J connectivity index is 3.21. The Morgan fingerprint density at radius 3 is 2.62 bits per heavy atom. The topological polar surface area (TPSA) is 76.5 Å². The third kappa shape index (κ3) is 4.43. The van der Waals surface area contributed by atoms with Gasteiger partial charge in [0.1, 0.15) is 5.15 Å². The van der Waals surface area contributed by atoms with E-state index >= 15 is 0 Å². The molecule has 0 fully saturated rings. The molecule has 1 unspecified atom stereocenters. The molecule has 0 aliphatic carbocycles. The SMILES string of the molecule is CCOC(=O)C(Cc1ccnc(Cl)c1)(CC(C)C)C(=O)O. The normalized spacial score (nSPS) is 13.8. The fourth-order valence-corrected chi connectivity index (χ4v) is 2.54. The molecule has 1 N–H and O–H groups in total. The van der Waals surface area contributed by atoms with Crippen LogP contribution in [0.5, 0.6) is 0 Å². The van der Waals surface area contributed by atoms with Crippen LogP contribution in [0.3, 0.4) is 0 Å². The van der Waals surface area contributed by atoms with E-state index in [0.717, 1.165) is 0 Å². The van der Waals surface area contributed by atoms with Crippen LogP contribution in [0, 0.1) is 11.3 Å². The maximum absolute atomic E-state index is 12.3. The number of nitrogens with zero attached hydrogens (tertiary/aromatic N) is 1. The van der Waals surface area contributed by atoms with Crippen molar-refractivity contribution in [2.45, 2.75) is 33.6 Å². The summed E-state index contributed by atoms with van der Waals surface area (Å²) in [6, 6.07) is 3.22. The molecule has 1 aromatic heterocycles. The van der Waals surface area contributed by atoms with Crippen LogP contribution in [0.15, 0.2) is 18.3 Å². The summed E-state index contributed by atoms with van der Waals surface area (Å²) in [5.74, 6) is -1.86. The Labute approximate surface area is 129 Å². The fourth-order valence-electron chi connectivity index (χ4n) is 2.35. The zero-order valence-corrected chi connectivity index (χ0v) is 13.2. The maximum atomic E-state index is 12.3. The van der Waals surface area contributed by atoms with E-state index in [4.69, 9.17) is 16.3 Å². The van der Waals surface area contributed by atoms with Gasteiger partial charge in [0.05, 0.1) is 6.61 Å². The Bertz CT molecular complexity index is 518. The second-order valence-corrected chi connectivity index (χ2v) is 5.76. The van der Waals surface area contributed by atoms with E-state index < -0.39 is 17.4 Å². The minimum Gasteiger partial charge on any atom is -0.480 e. The molecule has 0 radical (unpaired) electrons. The Hall–Kier alpha value is -1.62. The average molecular weight is 314 g/mol. The molecule has 0 spiro atoms. The van der Waals surface area contributed by atoms with Crippen LogP contribution in [0.4, 0.5) is 0 Å². The summed E-state index contributed by atoms with van der Waals surface area (Å²) in [7, 11) is 0. The third-order valence-corrected chi connectivity index (χ3v) is 3.34. The highest BCUT2D eigenvalue weighted by Crippen LogP contribution is 2.33. The van der Waals surface area contributed by atoms with E-state index in [1.165, 1.54) is 6.20 Å². The lowest BCUT2D eigenvalue weighted by molar-refractivity contribution is -0.170. The van der Waals surface area contributed by atoms with Crippen molar-refractivity contribution in [2.75, 3.05) is 6.61 Å². The minimum atomic E-state index is -1.60. The smallest absolute Gasteiger partial charge is 0.323 e. The van der Waals surface area contributed by atoms with Crippen molar-refractivity contribution in [2.24, 2.45) is 11.3 Å². The quantitative estimate of drug-likeness (QED) is 0.476. The largest absolute Gasteiger partial charge is 0.480 e. The molecular formula is C15H20ClNO4. The molecule has 1 atom stereocenters. The number of halogens is 1. The number of rotatable bonds is 7. The standard InChI is InChI=1S/C15H20ClNO4/c1-4-21-14(20)15(13(18)19,8-10(2)3)9-11-5-6-17-12(16)7-11/h5-7,10H,4,8-9H2,1-3H3,(H,18,19). The molecule has 1 aromatic rings. The highest BCUT2D eigenvalue weighted by Gasteiger charge is 2.48. The van der Waals surface area contributed by atoms with E-state index in [1.54, 1.807) is 19.1 Å². The first kappa shape index (κ1) is 17.4. The van der Waals surface area contributed by atoms with Crippen LogP contribution in [0.1, 0.15) is 32.8 Å². The zero-order chi connectivity index (χ0) is 16.0. The summed E-state index contributed by atoms with van der Waals surface area (Å²) < 4.78 is 5.00. The van der Waals surface area contributed by atoms with Crippen LogP contribution in [-0.2, 0) is 20.7 Å². The summed E-state index contributed by atoms with van der Waals surface area (Å²) in [6.07, 6.45) is 1.72. The monoisotopic (exact) mass is 313 g/mol. The highest BCUT2D eigenvalue weighted by molar-refractivity contribution is 6.29. The highest BCUT2D eigenvalue weighted by atomic mass is 35.5. The second kappa shape index (κ2) is 7.41. The summed E-state index contributed by atoms with van der Waals surface area (Å²) in [5, 5.41) is 9.91. The Morgan fingerprint density at radius 2 is 2.14 bits per heavy atom. The molecule has 0 saturated heterocycles. The Morgan fingerprint density at radius 1 is 1.48 bits per heavy atom. The van der Waals surface area contributed by atoms with E-state index in [2.05, 4.69) is 4.98 Å². The molecule has 0 aromatic carbocycles. The van der Waals surface area contributed by atoms with Gasteiger partial charge in [0.15, 0.2) is 5.41 Å². The summed E-state index contributed by atoms with van der Waals surface area (Å²) >= 11 is 5.83. The number of aromatic nitrogens is 1. The Kier molecular flexibility index (Phi) is 6.15. The molecule has 21 heavy (non-hydrogen) atoms. The van der Waals surface area contributed by atoms with Crippen molar-refractivity contribution in [1.29, 1.82) is 0 Å². The number of carboxylic acids is 1. The predicted molar refractivity (Wildman–Crippen MR) is 79.1 cm³/mol. The third-order valence-electron chi connectivity index (χ3n) is 3.13. The summed E-state index contributed by atoms with van der Waals surface area (Å²) in [4.78, 5) is 28.0. The number of aliphatic carboxylic acids is 1. The summed E-state index contributed by atoms with van der Waals surface area (Å²) in [6.45, 7) is 5.54.